The monoisotopic (exact) mass is 1070 g/mol. The van der Waals surface area contributed by atoms with E-state index in [1.54, 1.807) is 60.7 Å². The molecule has 25 nitrogen and oxygen atoms in total. The van der Waals surface area contributed by atoms with E-state index in [0.29, 0.717) is 15.7 Å². The molecule has 0 spiro atoms. The van der Waals surface area contributed by atoms with Crippen LogP contribution in [0.1, 0.15) is 79.7 Å². The number of aromatic nitrogens is 2. The third kappa shape index (κ3) is 17.4. The molecular weight excluding hydrogens is 1010 g/mol. The van der Waals surface area contributed by atoms with Crippen molar-refractivity contribution >= 4 is 44.3 Å². The van der Waals surface area contributed by atoms with Gasteiger partial charge in [0.25, 0.3) is 5.56 Å². The van der Waals surface area contributed by atoms with Crippen LogP contribution in [0.2, 0.25) is 0 Å². The summed E-state index contributed by atoms with van der Waals surface area (Å²) in [6, 6.07) is 14.7. The number of halogens is 1. The van der Waals surface area contributed by atoms with E-state index in [-0.39, 0.29) is 13.2 Å². The van der Waals surface area contributed by atoms with Gasteiger partial charge in [-0.1, -0.05) is 88.4 Å². The van der Waals surface area contributed by atoms with Crippen molar-refractivity contribution in [3.63, 3.8) is 0 Å². The van der Waals surface area contributed by atoms with Crippen LogP contribution in [0.25, 0.3) is 0 Å². The van der Waals surface area contributed by atoms with Gasteiger partial charge in [0, 0.05) is 12.3 Å². The quantitative estimate of drug-likeness (QED) is 0.0374. The van der Waals surface area contributed by atoms with Crippen LogP contribution in [0.15, 0.2) is 82.5 Å². The first-order chi connectivity index (χ1) is 34.9. The summed E-state index contributed by atoms with van der Waals surface area (Å²) in [6.07, 6.45) is -9.76. The Labute approximate surface area is 424 Å². The van der Waals surface area contributed by atoms with Gasteiger partial charge in [-0.05, 0) is 57.6 Å². The van der Waals surface area contributed by atoms with E-state index in [0.717, 1.165) is 19.2 Å². The highest BCUT2D eigenvalue weighted by Crippen LogP contribution is 2.54. The van der Waals surface area contributed by atoms with Gasteiger partial charge in [0.05, 0.1) is 18.8 Å². The van der Waals surface area contributed by atoms with Crippen molar-refractivity contribution in [2.24, 2.45) is 11.8 Å². The maximum Gasteiger partial charge on any atom is 0.510 e. The molecule has 0 aliphatic carbocycles. The Morgan fingerprint density at radius 3 is 1.61 bits per heavy atom. The highest BCUT2D eigenvalue weighted by atomic mass is 31.2. The minimum atomic E-state index is -5.32. The topological polar surface area (TPSA) is 309 Å². The molecule has 2 unspecified atom stereocenters. The van der Waals surface area contributed by atoms with E-state index in [1.165, 1.54) is 55.4 Å². The molecule has 1 aliphatic heterocycles. The number of hydrogen-bond acceptors (Lipinski definition) is 21. The summed E-state index contributed by atoms with van der Waals surface area (Å²) < 4.78 is 95.7. The SMILES string of the molecule is CC(C)OC(=O)OCOP(=O)(OCOC(=O)OC(C)C)OC[C@@]1(CF)O[C@@H](n2ccc(=O)[nH]c2=O)[C@](C)(OC(=O)C(NC(=O)OCc2ccccc2)C(C)C)[C@@H]1OC(=O)C(NC(=O)OCc1ccccc1)C(C)C. The number of hydrogen-bond donors (Lipinski definition) is 3. The van der Waals surface area contributed by atoms with Crippen molar-refractivity contribution in [3.8, 4) is 0 Å². The number of ether oxygens (including phenoxy) is 9. The maximum absolute atomic E-state index is 16.4. The zero-order valence-electron chi connectivity index (χ0n) is 42.1. The van der Waals surface area contributed by atoms with E-state index in [2.05, 4.69) is 10.6 Å². The Kier molecular flexibility index (Phi) is 22.1. The van der Waals surface area contributed by atoms with Crippen molar-refractivity contribution in [2.75, 3.05) is 26.9 Å². The Balaban J connectivity index is 1.83. The van der Waals surface area contributed by atoms with Crippen LogP contribution in [0.3, 0.4) is 0 Å². The molecule has 1 fully saturated rings. The first-order valence-electron chi connectivity index (χ1n) is 23.0. The second kappa shape index (κ2) is 27.4. The number of benzene rings is 2. The van der Waals surface area contributed by atoms with Gasteiger partial charge in [0.1, 0.15) is 32.0 Å². The van der Waals surface area contributed by atoms with Crippen molar-refractivity contribution in [3.05, 3.63) is 105 Å². The lowest BCUT2D eigenvalue weighted by molar-refractivity contribution is -0.193. The van der Waals surface area contributed by atoms with Crippen LogP contribution >= 0.6 is 7.82 Å². The van der Waals surface area contributed by atoms with Crippen LogP contribution < -0.4 is 21.9 Å². The van der Waals surface area contributed by atoms with E-state index < -0.39 is 142 Å². The predicted molar refractivity (Wildman–Crippen MR) is 252 cm³/mol. The van der Waals surface area contributed by atoms with Gasteiger partial charge in [-0.15, -0.1) is 0 Å². The Hall–Kier alpha value is -6.86. The molecule has 2 heterocycles. The van der Waals surface area contributed by atoms with Gasteiger partial charge in [0.2, 0.25) is 13.6 Å². The number of phosphoric acid groups is 1. The van der Waals surface area contributed by atoms with Crippen molar-refractivity contribution in [2.45, 2.75) is 123 Å². The summed E-state index contributed by atoms with van der Waals surface area (Å²) in [5, 5.41) is 4.82. The molecule has 0 saturated carbocycles. The zero-order chi connectivity index (χ0) is 54.8. The van der Waals surface area contributed by atoms with E-state index >= 15 is 4.39 Å². The number of esters is 2. The summed E-state index contributed by atoms with van der Waals surface area (Å²) >= 11 is 0. The molecule has 1 aliphatic rings. The fraction of sp³-hybridized carbons (Fsp3) is 0.532. The largest absolute Gasteiger partial charge is 0.510 e. The number of alkyl carbamates (subject to hydrolysis) is 2. The van der Waals surface area contributed by atoms with Gasteiger partial charge in [0.15, 0.2) is 23.5 Å². The normalized spacial score (nSPS) is 19.3. The first-order valence-corrected chi connectivity index (χ1v) is 24.5. The molecule has 2 aromatic carbocycles. The summed E-state index contributed by atoms with van der Waals surface area (Å²) in [5.41, 5.74) is -6.51. The molecule has 27 heteroatoms. The van der Waals surface area contributed by atoms with Crippen molar-refractivity contribution in [1.82, 2.24) is 20.2 Å². The lowest BCUT2D eigenvalue weighted by atomic mass is 9.87. The zero-order valence-corrected chi connectivity index (χ0v) is 43.0. The highest BCUT2D eigenvalue weighted by Gasteiger charge is 2.69. The molecule has 408 valence electrons. The second-order valence-corrected chi connectivity index (χ2v) is 19.5. The fourth-order valence-corrected chi connectivity index (χ4v) is 7.82. The molecule has 3 aromatic rings. The predicted octanol–water partition coefficient (Wildman–Crippen LogP) is 6.09. The van der Waals surface area contributed by atoms with Crippen LogP contribution in [-0.4, -0.2) is 114 Å². The first kappa shape index (κ1) is 59.7. The third-order valence-electron chi connectivity index (χ3n) is 10.4. The highest BCUT2D eigenvalue weighted by molar-refractivity contribution is 7.48. The van der Waals surface area contributed by atoms with Crippen LogP contribution in [0.5, 0.6) is 0 Å². The van der Waals surface area contributed by atoms with E-state index in [1.807, 2.05) is 4.98 Å². The molecule has 1 saturated heterocycles. The lowest BCUT2D eigenvalue weighted by Crippen LogP contribution is -2.60. The molecule has 2 amide bonds. The number of rotatable bonds is 25. The number of amides is 2. The number of aromatic amines is 1. The van der Waals surface area contributed by atoms with Crippen molar-refractivity contribution < 1.29 is 93.9 Å². The average molecular weight is 1070 g/mol. The molecule has 0 bridgehead atoms. The summed E-state index contributed by atoms with van der Waals surface area (Å²) in [4.78, 5) is 108. The second-order valence-electron chi connectivity index (χ2n) is 17.8. The van der Waals surface area contributed by atoms with Gasteiger partial charge in [-0.2, -0.15) is 0 Å². The van der Waals surface area contributed by atoms with Gasteiger partial charge >= 0.3 is 49.9 Å². The van der Waals surface area contributed by atoms with E-state index in [4.69, 9.17) is 56.2 Å². The number of nitrogens with one attached hydrogen (secondary N) is 3. The maximum atomic E-state index is 16.4. The number of carbonyl (C=O) groups is 6. The molecule has 3 N–H and O–H groups in total. The molecule has 6 atom stereocenters. The Bertz CT molecular complexity index is 2500. The standard InChI is InChI=1S/C47H62FN4O21P/c1-28(2)35(50-42(57)62-22-32-16-12-10-13-17-32)37(54)71-39-46(9,72-38(55)36(29(3)4)51-43(58)63-23-33-18-14-11-15-19-33)40(52-21-20-34(53)49-41(52)56)73-47(39,24-48)25-66-74(61,67-26-64-44(59)69-30(5)6)68-27-65-45(60)70-31(7)8/h10-21,28-31,35-36,39-40H,22-27H2,1-9H3,(H,50,57)(H,51,58)(H,49,53,56)/t35?,36?,39-,40+,46+,47+/m0/s1. The lowest BCUT2D eigenvalue weighted by Gasteiger charge is -2.39. The van der Waals surface area contributed by atoms with Crippen LogP contribution in [0.4, 0.5) is 23.6 Å². The van der Waals surface area contributed by atoms with Gasteiger partial charge in [-0.3, -0.25) is 18.9 Å². The third-order valence-corrected chi connectivity index (χ3v) is 11.7. The minimum absolute atomic E-state index is 0.212. The molecule has 1 aromatic heterocycles. The molecular formula is C47H62FN4O21P. The molecule has 0 radical (unpaired) electrons. The number of alkyl halides is 1. The number of H-pyrrole nitrogens is 1. The van der Waals surface area contributed by atoms with Crippen molar-refractivity contribution in [1.29, 1.82) is 0 Å². The summed E-state index contributed by atoms with van der Waals surface area (Å²) in [5.74, 6) is -4.25. The summed E-state index contributed by atoms with van der Waals surface area (Å²) in [6.45, 7) is 6.91. The fourth-order valence-electron chi connectivity index (χ4n) is 6.86. The van der Waals surface area contributed by atoms with Gasteiger partial charge < -0.3 is 53.3 Å². The van der Waals surface area contributed by atoms with E-state index in [9.17, 15) is 42.9 Å². The number of carbonyl (C=O) groups excluding carboxylic acids is 6. The summed E-state index contributed by atoms with van der Waals surface area (Å²) in [7, 11) is -5.32. The van der Waals surface area contributed by atoms with Gasteiger partial charge in [-0.25, -0.2) is 51.6 Å². The molecule has 4 rings (SSSR count). The minimum Gasteiger partial charge on any atom is -0.453 e. The number of phosphoric ester groups is 1. The van der Waals surface area contributed by atoms with Crippen LogP contribution in [-0.2, 0) is 83.6 Å². The Morgan fingerprint density at radius 2 is 1.18 bits per heavy atom. The average Bonchev–Trinajstić information content (AvgIpc) is 3.56. The Morgan fingerprint density at radius 1 is 0.703 bits per heavy atom. The molecule has 74 heavy (non-hydrogen) atoms. The smallest absolute Gasteiger partial charge is 0.453 e. The number of nitrogens with zero attached hydrogens (tertiary/aromatic N) is 1. The van der Waals surface area contributed by atoms with Crippen LogP contribution in [0, 0.1) is 11.8 Å².